The maximum atomic E-state index is 5.07. The molecule has 19 heavy (non-hydrogen) atoms. The molecule has 0 aliphatic carbocycles. The fourth-order valence-electron chi connectivity index (χ4n) is 2.23. The van der Waals surface area contributed by atoms with E-state index in [2.05, 4.69) is 37.4 Å². The minimum atomic E-state index is 0.322. The molecule has 4 heteroatoms. The van der Waals surface area contributed by atoms with Crippen molar-refractivity contribution in [3.63, 3.8) is 0 Å². The average molecular weight is 267 g/mol. The molecule has 1 aromatic rings. The molecule has 110 valence electrons. The van der Waals surface area contributed by atoms with Gasteiger partial charge in [0.15, 0.2) is 0 Å². The van der Waals surface area contributed by atoms with Crippen LogP contribution in [0, 0.1) is 11.3 Å². The normalized spacial score (nSPS) is 13.7. The van der Waals surface area contributed by atoms with Gasteiger partial charge in [-0.15, -0.1) is 0 Å². The van der Waals surface area contributed by atoms with Crippen LogP contribution in [-0.4, -0.2) is 36.6 Å². The number of nitrogens with zero attached hydrogens (tertiary/aromatic N) is 2. The number of hydrogen-bond donors (Lipinski definition) is 1. The molecule has 0 aromatic carbocycles. The lowest BCUT2D eigenvalue weighted by Gasteiger charge is -2.31. The highest BCUT2D eigenvalue weighted by Gasteiger charge is 2.23. The summed E-state index contributed by atoms with van der Waals surface area (Å²) in [6.07, 6.45) is 6.37. The van der Waals surface area contributed by atoms with E-state index >= 15 is 0 Å². The van der Waals surface area contributed by atoms with Crippen LogP contribution in [-0.2, 0) is 18.2 Å². The van der Waals surface area contributed by atoms with Crippen molar-refractivity contribution in [1.82, 2.24) is 15.1 Å². The van der Waals surface area contributed by atoms with Gasteiger partial charge in [-0.25, -0.2) is 0 Å². The van der Waals surface area contributed by atoms with Crippen LogP contribution in [0.1, 0.15) is 32.8 Å². The van der Waals surface area contributed by atoms with Gasteiger partial charge in [0, 0.05) is 26.9 Å². The van der Waals surface area contributed by atoms with Crippen molar-refractivity contribution in [3.05, 3.63) is 18.0 Å². The first kappa shape index (κ1) is 16.2. The van der Waals surface area contributed by atoms with Gasteiger partial charge in [-0.05, 0) is 36.3 Å². The van der Waals surface area contributed by atoms with Gasteiger partial charge in [0.2, 0.25) is 0 Å². The lowest BCUT2D eigenvalue weighted by molar-refractivity contribution is 0.183. The minimum absolute atomic E-state index is 0.322. The van der Waals surface area contributed by atoms with Gasteiger partial charge in [-0.1, -0.05) is 20.8 Å². The molecule has 1 heterocycles. The highest BCUT2D eigenvalue weighted by Crippen LogP contribution is 2.29. The molecule has 1 rings (SSSR count). The van der Waals surface area contributed by atoms with Crippen molar-refractivity contribution in [3.8, 4) is 0 Å². The van der Waals surface area contributed by atoms with E-state index in [1.54, 1.807) is 7.11 Å². The third-order valence-electron chi connectivity index (χ3n) is 3.64. The SMILES string of the molecule is COCCNCC(CCc1cnn(C)c1)C(C)(C)C. The van der Waals surface area contributed by atoms with E-state index < -0.39 is 0 Å². The zero-order valence-electron chi connectivity index (χ0n) is 13.1. The Kier molecular flexibility index (Phi) is 6.52. The Labute approximate surface area is 117 Å². The smallest absolute Gasteiger partial charge is 0.0587 e. The van der Waals surface area contributed by atoms with Crippen LogP contribution in [0.4, 0.5) is 0 Å². The van der Waals surface area contributed by atoms with E-state index in [0.29, 0.717) is 11.3 Å². The monoisotopic (exact) mass is 267 g/mol. The highest BCUT2D eigenvalue weighted by molar-refractivity contribution is 5.04. The lowest BCUT2D eigenvalue weighted by atomic mass is 9.77. The maximum Gasteiger partial charge on any atom is 0.0587 e. The van der Waals surface area contributed by atoms with E-state index in [9.17, 15) is 0 Å². The zero-order chi connectivity index (χ0) is 14.3. The summed E-state index contributed by atoms with van der Waals surface area (Å²) in [6.45, 7) is 9.71. The van der Waals surface area contributed by atoms with Crippen molar-refractivity contribution >= 4 is 0 Å². The molecule has 0 spiro atoms. The van der Waals surface area contributed by atoms with E-state index in [0.717, 1.165) is 26.1 Å². The molecule has 1 unspecified atom stereocenters. The number of methoxy groups -OCH3 is 1. The number of aryl methyl sites for hydroxylation is 2. The highest BCUT2D eigenvalue weighted by atomic mass is 16.5. The maximum absolute atomic E-state index is 5.07. The first-order chi connectivity index (χ1) is 8.93. The number of ether oxygens (including phenoxy) is 1. The summed E-state index contributed by atoms with van der Waals surface area (Å²) in [7, 11) is 3.71. The van der Waals surface area contributed by atoms with Crippen molar-refractivity contribution in [2.24, 2.45) is 18.4 Å². The molecule has 0 radical (unpaired) electrons. The van der Waals surface area contributed by atoms with Crippen LogP contribution in [0.15, 0.2) is 12.4 Å². The molecule has 1 aromatic heterocycles. The molecular weight excluding hydrogens is 238 g/mol. The summed E-state index contributed by atoms with van der Waals surface area (Å²) < 4.78 is 6.94. The molecule has 0 fully saturated rings. The molecule has 0 saturated carbocycles. The fourth-order valence-corrected chi connectivity index (χ4v) is 2.23. The second-order valence-corrected chi connectivity index (χ2v) is 6.32. The first-order valence-corrected chi connectivity index (χ1v) is 7.10. The van der Waals surface area contributed by atoms with Crippen molar-refractivity contribution in [1.29, 1.82) is 0 Å². The van der Waals surface area contributed by atoms with Crippen LogP contribution in [0.25, 0.3) is 0 Å². The van der Waals surface area contributed by atoms with Crippen molar-refractivity contribution in [2.75, 3.05) is 26.8 Å². The Morgan fingerprint density at radius 2 is 2.16 bits per heavy atom. The van der Waals surface area contributed by atoms with Crippen LogP contribution >= 0.6 is 0 Å². The molecule has 1 N–H and O–H groups in total. The predicted molar refractivity (Wildman–Crippen MR) is 79.2 cm³/mol. The first-order valence-electron chi connectivity index (χ1n) is 7.10. The number of nitrogens with one attached hydrogen (secondary N) is 1. The van der Waals surface area contributed by atoms with Gasteiger partial charge in [0.05, 0.1) is 12.8 Å². The molecule has 0 aliphatic rings. The summed E-state index contributed by atoms with van der Waals surface area (Å²) in [5.74, 6) is 0.657. The van der Waals surface area contributed by atoms with E-state index in [1.807, 2.05) is 17.9 Å². The van der Waals surface area contributed by atoms with E-state index in [1.165, 1.54) is 12.0 Å². The van der Waals surface area contributed by atoms with Gasteiger partial charge in [0.25, 0.3) is 0 Å². The molecule has 1 atom stereocenters. The molecule has 0 bridgehead atoms. The number of rotatable bonds is 8. The van der Waals surface area contributed by atoms with E-state index in [-0.39, 0.29) is 0 Å². The standard InChI is InChI=1S/C15H29N3O/c1-15(2,3)14(11-16-8-9-19-5)7-6-13-10-17-18(4)12-13/h10,12,14,16H,6-9,11H2,1-5H3. The Balaban J connectivity index is 2.41. The minimum Gasteiger partial charge on any atom is -0.383 e. The Morgan fingerprint density at radius 3 is 2.68 bits per heavy atom. The van der Waals surface area contributed by atoms with Crippen molar-refractivity contribution in [2.45, 2.75) is 33.6 Å². The predicted octanol–water partition coefficient (Wildman–Crippen LogP) is 2.25. The Hall–Kier alpha value is -0.870. The van der Waals surface area contributed by atoms with E-state index in [4.69, 9.17) is 4.74 Å². The van der Waals surface area contributed by atoms with Crippen LogP contribution in [0.3, 0.4) is 0 Å². The molecule has 0 amide bonds. The third-order valence-corrected chi connectivity index (χ3v) is 3.64. The Morgan fingerprint density at radius 1 is 1.42 bits per heavy atom. The molecule has 0 aliphatic heterocycles. The molecular formula is C15H29N3O. The quantitative estimate of drug-likeness (QED) is 0.734. The summed E-state index contributed by atoms with van der Waals surface area (Å²) >= 11 is 0. The Bertz CT molecular complexity index is 355. The van der Waals surface area contributed by atoms with Gasteiger partial charge in [-0.2, -0.15) is 5.10 Å². The third kappa shape index (κ3) is 6.21. The second kappa shape index (κ2) is 7.65. The topological polar surface area (TPSA) is 39.1 Å². The molecule has 0 saturated heterocycles. The second-order valence-electron chi connectivity index (χ2n) is 6.32. The largest absolute Gasteiger partial charge is 0.383 e. The lowest BCUT2D eigenvalue weighted by Crippen LogP contribution is -2.33. The number of hydrogen-bond acceptors (Lipinski definition) is 3. The van der Waals surface area contributed by atoms with Gasteiger partial charge in [0.1, 0.15) is 0 Å². The van der Waals surface area contributed by atoms with Gasteiger partial charge < -0.3 is 10.1 Å². The summed E-state index contributed by atoms with van der Waals surface area (Å²) in [5, 5.41) is 7.72. The van der Waals surface area contributed by atoms with Crippen LogP contribution in [0.2, 0.25) is 0 Å². The summed E-state index contributed by atoms with van der Waals surface area (Å²) in [4.78, 5) is 0. The van der Waals surface area contributed by atoms with Gasteiger partial charge in [-0.3, -0.25) is 4.68 Å². The van der Waals surface area contributed by atoms with Crippen LogP contribution < -0.4 is 5.32 Å². The van der Waals surface area contributed by atoms with Crippen LogP contribution in [0.5, 0.6) is 0 Å². The average Bonchev–Trinajstić information content (AvgIpc) is 2.72. The molecule has 4 nitrogen and oxygen atoms in total. The summed E-state index contributed by atoms with van der Waals surface area (Å²) in [6, 6.07) is 0. The zero-order valence-corrected chi connectivity index (χ0v) is 13.1. The number of aromatic nitrogens is 2. The van der Waals surface area contributed by atoms with Gasteiger partial charge >= 0.3 is 0 Å². The summed E-state index contributed by atoms with van der Waals surface area (Å²) in [5.41, 5.74) is 1.65. The fraction of sp³-hybridized carbons (Fsp3) is 0.800. The van der Waals surface area contributed by atoms with Crippen molar-refractivity contribution < 1.29 is 4.74 Å².